The molecule has 1 aliphatic heterocycles. The van der Waals surface area contributed by atoms with Gasteiger partial charge in [-0.25, -0.2) is 4.39 Å². The van der Waals surface area contributed by atoms with E-state index in [1.165, 1.54) is 30.2 Å². The van der Waals surface area contributed by atoms with Gasteiger partial charge < -0.3 is 19.5 Å². The van der Waals surface area contributed by atoms with Gasteiger partial charge in [0, 0.05) is 0 Å². The zero-order chi connectivity index (χ0) is 27.2. The van der Waals surface area contributed by atoms with Crippen molar-refractivity contribution in [1.29, 1.82) is 0 Å². The van der Waals surface area contributed by atoms with Gasteiger partial charge in [0.05, 0.1) is 35.0 Å². The molecule has 0 aromatic heterocycles. The van der Waals surface area contributed by atoms with E-state index in [1.54, 1.807) is 42.5 Å². The van der Waals surface area contributed by atoms with E-state index in [1.807, 2.05) is 13.0 Å². The zero-order valence-corrected chi connectivity index (χ0v) is 22.7. The molecule has 7 nitrogen and oxygen atoms in total. The number of thiocarbonyl (C=S) groups is 1. The maximum Gasteiger partial charge on any atom is 0.270 e. The van der Waals surface area contributed by atoms with Gasteiger partial charge in [-0.2, -0.15) is 0 Å². The van der Waals surface area contributed by atoms with Crippen LogP contribution in [0.4, 0.5) is 15.8 Å². The van der Waals surface area contributed by atoms with Gasteiger partial charge in [0.2, 0.25) is 0 Å². The van der Waals surface area contributed by atoms with Gasteiger partial charge in [-0.1, -0.05) is 53.8 Å². The number of benzene rings is 3. The van der Waals surface area contributed by atoms with Crippen molar-refractivity contribution in [2.75, 3.05) is 30.5 Å². The van der Waals surface area contributed by atoms with Gasteiger partial charge >= 0.3 is 0 Å². The van der Waals surface area contributed by atoms with Crippen molar-refractivity contribution < 1.29 is 28.2 Å². The number of nitrogens with one attached hydrogen (secondary N) is 1. The fourth-order valence-electron chi connectivity index (χ4n) is 3.54. The quantitative estimate of drug-likeness (QED) is 0.238. The number of hydrogen-bond donors (Lipinski definition) is 1. The molecule has 3 aromatic carbocycles. The van der Waals surface area contributed by atoms with Crippen molar-refractivity contribution in [1.82, 2.24) is 0 Å². The highest BCUT2D eigenvalue weighted by atomic mass is 35.5. The lowest BCUT2D eigenvalue weighted by Crippen LogP contribution is -2.27. The first-order chi connectivity index (χ1) is 18.3. The zero-order valence-electron chi connectivity index (χ0n) is 20.3. The molecule has 1 fully saturated rings. The van der Waals surface area contributed by atoms with Gasteiger partial charge in [-0.3, -0.25) is 14.5 Å². The molecular formula is C27H22ClFN2O5S2. The highest BCUT2D eigenvalue weighted by Gasteiger charge is 2.33. The number of anilines is 2. The average Bonchev–Trinajstić information content (AvgIpc) is 3.18. The standard InChI is InChI=1S/C27H22ClFN2O5S2/c1-3-35-21-7-5-4-6-20(21)30-25(32)15-36-22-11-8-16(12-23(22)34-2)13-24-26(33)31(27(37)38-24)17-9-10-19(29)18(28)14-17/h4-14H,3,15H2,1-2H3,(H,30,32)/b24-13+. The molecule has 11 heteroatoms. The predicted octanol–water partition coefficient (Wildman–Crippen LogP) is 6.31. The van der Waals surface area contributed by atoms with E-state index in [2.05, 4.69) is 5.32 Å². The van der Waals surface area contributed by atoms with Crippen LogP contribution in [0, 0.1) is 5.82 Å². The molecule has 0 radical (unpaired) electrons. The minimum absolute atomic E-state index is 0.104. The summed E-state index contributed by atoms with van der Waals surface area (Å²) in [7, 11) is 1.47. The predicted molar refractivity (Wildman–Crippen MR) is 152 cm³/mol. The topological polar surface area (TPSA) is 77.1 Å². The number of carbonyl (C=O) groups is 2. The molecule has 0 saturated carbocycles. The van der Waals surface area contributed by atoms with Crippen LogP contribution in [-0.4, -0.2) is 36.5 Å². The van der Waals surface area contributed by atoms with Crippen molar-refractivity contribution in [3.8, 4) is 17.2 Å². The third-order valence-corrected chi connectivity index (χ3v) is 6.85. The smallest absolute Gasteiger partial charge is 0.270 e. The second-order valence-corrected chi connectivity index (χ2v) is 9.87. The highest BCUT2D eigenvalue weighted by molar-refractivity contribution is 8.27. The van der Waals surface area contributed by atoms with Gasteiger partial charge in [0.1, 0.15) is 11.6 Å². The summed E-state index contributed by atoms with van der Waals surface area (Å²) in [6, 6.07) is 16.1. The number of rotatable bonds is 9. The van der Waals surface area contributed by atoms with E-state index in [9.17, 15) is 14.0 Å². The molecule has 0 unspecified atom stereocenters. The Balaban J connectivity index is 1.45. The summed E-state index contributed by atoms with van der Waals surface area (Å²) in [4.78, 5) is 27.2. The fourth-order valence-corrected chi connectivity index (χ4v) is 5.01. The summed E-state index contributed by atoms with van der Waals surface area (Å²) in [5.74, 6) is -0.0101. The fraction of sp³-hybridized carbons (Fsp3) is 0.148. The monoisotopic (exact) mass is 572 g/mol. The molecule has 38 heavy (non-hydrogen) atoms. The van der Waals surface area contributed by atoms with Crippen LogP contribution in [-0.2, 0) is 9.59 Å². The summed E-state index contributed by atoms with van der Waals surface area (Å²) in [6.45, 7) is 2.08. The molecule has 0 aliphatic carbocycles. The summed E-state index contributed by atoms with van der Waals surface area (Å²) in [6.07, 6.45) is 1.66. The van der Waals surface area contributed by atoms with Crippen LogP contribution >= 0.6 is 35.6 Å². The van der Waals surface area contributed by atoms with E-state index in [0.717, 1.165) is 11.8 Å². The molecule has 1 heterocycles. The Morgan fingerprint density at radius 1 is 1.11 bits per heavy atom. The van der Waals surface area contributed by atoms with Gasteiger partial charge in [-0.15, -0.1) is 0 Å². The largest absolute Gasteiger partial charge is 0.493 e. The summed E-state index contributed by atoms with van der Waals surface area (Å²) in [5, 5.41) is 2.67. The number of ether oxygens (including phenoxy) is 3. The summed E-state index contributed by atoms with van der Waals surface area (Å²) >= 11 is 12.4. The van der Waals surface area contributed by atoms with Crippen LogP contribution in [0.15, 0.2) is 65.6 Å². The molecule has 1 saturated heterocycles. The number of carbonyl (C=O) groups excluding carboxylic acids is 2. The maximum atomic E-state index is 13.6. The van der Waals surface area contributed by atoms with Crippen molar-refractivity contribution in [2.24, 2.45) is 0 Å². The Morgan fingerprint density at radius 2 is 1.89 bits per heavy atom. The average molecular weight is 573 g/mol. The normalized spacial score (nSPS) is 14.1. The molecule has 196 valence electrons. The van der Waals surface area contributed by atoms with Crippen LogP contribution in [0.25, 0.3) is 6.08 Å². The Morgan fingerprint density at radius 3 is 2.63 bits per heavy atom. The third kappa shape index (κ3) is 6.27. The van der Waals surface area contributed by atoms with Crippen molar-refractivity contribution in [2.45, 2.75) is 6.92 Å². The molecule has 4 rings (SSSR count). The second-order valence-electron chi connectivity index (χ2n) is 7.79. The third-order valence-electron chi connectivity index (χ3n) is 5.26. The van der Waals surface area contributed by atoms with Gasteiger partial charge in [-0.05, 0) is 61.0 Å². The van der Waals surface area contributed by atoms with Crippen LogP contribution in [0.2, 0.25) is 5.02 Å². The Labute approximate surface area is 233 Å². The minimum Gasteiger partial charge on any atom is -0.493 e. The number of para-hydroxylation sites is 2. The van der Waals surface area contributed by atoms with Crippen LogP contribution in [0.5, 0.6) is 17.2 Å². The molecule has 0 spiro atoms. The molecule has 1 aliphatic rings. The molecule has 0 bridgehead atoms. The Hall–Kier alpha value is -3.60. The summed E-state index contributed by atoms with van der Waals surface area (Å²) < 4.78 is 30.5. The van der Waals surface area contributed by atoms with E-state index in [-0.39, 0.29) is 23.4 Å². The Kier molecular flexibility index (Phi) is 8.88. The molecular weight excluding hydrogens is 551 g/mol. The SMILES string of the molecule is CCOc1ccccc1NC(=O)COc1ccc(/C=C2/SC(=S)N(c3ccc(F)c(Cl)c3)C2=O)cc1OC. The molecule has 0 atom stereocenters. The number of amides is 2. The van der Waals surface area contributed by atoms with E-state index in [4.69, 9.17) is 38.0 Å². The van der Waals surface area contributed by atoms with Crippen LogP contribution in [0.1, 0.15) is 12.5 Å². The molecule has 3 aromatic rings. The van der Waals surface area contributed by atoms with Crippen molar-refractivity contribution in [3.63, 3.8) is 0 Å². The van der Waals surface area contributed by atoms with Crippen LogP contribution < -0.4 is 24.4 Å². The number of thioether (sulfide) groups is 1. The molecule has 2 amide bonds. The number of methoxy groups -OCH3 is 1. The lowest BCUT2D eigenvalue weighted by Gasteiger charge is -2.15. The highest BCUT2D eigenvalue weighted by Crippen LogP contribution is 2.38. The van der Waals surface area contributed by atoms with Crippen molar-refractivity contribution in [3.05, 3.63) is 82.0 Å². The van der Waals surface area contributed by atoms with E-state index < -0.39 is 5.82 Å². The summed E-state index contributed by atoms with van der Waals surface area (Å²) in [5.41, 5.74) is 1.58. The minimum atomic E-state index is -0.585. The number of hydrogen-bond acceptors (Lipinski definition) is 7. The Bertz CT molecular complexity index is 1430. The second kappa shape index (κ2) is 12.3. The van der Waals surface area contributed by atoms with E-state index >= 15 is 0 Å². The lowest BCUT2D eigenvalue weighted by molar-refractivity contribution is -0.118. The van der Waals surface area contributed by atoms with Crippen molar-refractivity contribution >= 4 is 69.2 Å². The number of nitrogens with zero attached hydrogens (tertiary/aromatic N) is 1. The lowest BCUT2D eigenvalue weighted by atomic mass is 10.2. The van der Waals surface area contributed by atoms with Gasteiger partial charge in [0.25, 0.3) is 11.8 Å². The number of halogens is 2. The first-order valence-electron chi connectivity index (χ1n) is 11.4. The maximum absolute atomic E-state index is 13.6. The van der Waals surface area contributed by atoms with E-state index in [0.29, 0.717) is 50.0 Å². The molecule has 1 N–H and O–H groups in total. The first-order valence-corrected chi connectivity index (χ1v) is 13.0. The van der Waals surface area contributed by atoms with Crippen LogP contribution in [0.3, 0.4) is 0 Å². The first kappa shape index (κ1) is 27.4. The van der Waals surface area contributed by atoms with Gasteiger partial charge in [0.15, 0.2) is 22.4 Å².